The van der Waals surface area contributed by atoms with Crippen LogP contribution in [0.1, 0.15) is 32.6 Å². The molecule has 1 aliphatic rings. The minimum atomic E-state index is -1.02. The number of carboxylic acid groups (broad SMARTS) is 1. The number of nitrogens with one attached hydrogen (secondary N) is 1. The van der Waals surface area contributed by atoms with Crippen molar-refractivity contribution in [3.8, 4) is 0 Å². The number of hydrogen-bond acceptors (Lipinski definition) is 4. The van der Waals surface area contributed by atoms with Gasteiger partial charge in [-0.2, -0.15) is 0 Å². The molecule has 0 atom stereocenters. The van der Waals surface area contributed by atoms with Gasteiger partial charge in [-0.25, -0.2) is 4.79 Å². The average molecular weight is 272 g/mol. The van der Waals surface area contributed by atoms with E-state index in [4.69, 9.17) is 9.84 Å². The number of nitrogens with zero attached hydrogens (tertiary/aromatic N) is 1. The number of ether oxygens (including phenoxy) is 1. The molecule has 0 aromatic rings. The van der Waals surface area contributed by atoms with Gasteiger partial charge in [0.1, 0.15) is 6.54 Å². The van der Waals surface area contributed by atoms with Crippen LogP contribution < -0.4 is 5.32 Å². The minimum absolute atomic E-state index is 0.0427. The fourth-order valence-electron chi connectivity index (χ4n) is 1.66. The first-order chi connectivity index (χ1) is 9.04. The predicted octanol–water partition coefficient (Wildman–Crippen LogP) is 0.588. The summed E-state index contributed by atoms with van der Waals surface area (Å²) in [6.07, 6.45) is 2.43. The van der Waals surface area contributed by atoms with Crippen LogP contribution in [0, 0.1) is 0 Å². The molecular weight excluding hydrogens is 252 g/mol. The van der Waals surface area contributed by atoms with Crippen LogP contribution in [-0.2, 0) is 14.3 Å². The first kappa shape index (κ1) is 15.3. The van der Waals surface area contributed by atoms with Gasteiger partial charge in [0.25, 0.3) is 0 Å². The Morgan fingerprint density at radius 1 is 1.37 bits per heavy atom. The van der Waals surface area contributed by atoms with Gasteiger partial charge in [-0.05, 0) is 26.2 Å². The number of urea groups is 1. The standard InChI is InChI=1S/C12H20N2O5/c1-2-19-11(17)4-3-7-13-12(18)14(8-10(15)16)9-5-6-9/h9H,2-8H2,1H3,(H,13,18)(H,15,16). The number of esters is 1. The summed E-state index contributed by atoms with van der Waals surface area (Å²) in [7, 11) is 0. The van der Waals surface area contributed by atoms with Gasteiger partial charge < -0.3 is 20.1 Å². The van der Waals surface area contributed by atoms with E-state index < -0.39 is 5.97 Å². The van der Waals surface area contributed by atoms with Crippen LogP contribution >= 0.6 is 0 Å². The first-order valence-corrected chi connectivity index (χ1v) is 6.46. The molecule has 7 nitrogen and oxygen atoms in total. The van der Waals surface area contributed by atoms with Crippen molar-refractivity contribution in [2.75, 3.05) is 19.7 Å². The van der Waals surface area contributed by atoms with Gasteiger partial charge >= 0.3 is 18.0 Å². The van der Waals surface area contributed by atoms with E-state index in [9.17, 15) is 14.4 Å². The molecule has 0 aromatic heterocycles. The molecule has 108 valence electrons. The van der Waals surface area contributed by atoms with E-state index in [0.29, 0.717) is 19.6 Å². The molecule has 2 amide bonds. The lowest BCUT2D eigenvalue weighted by atomic mass is 10.3. The summed E-state index contributed by atoms with van der Waals surface area (Å²) in [5.74, 6) is -1.31. The third kappa shape index (κ3) is 6.08. The third-order valence-corrected chi connectivity index (χ3v) is 2.69. The maximum absolute atomic E-state index is 11.8. The summed E-state index contributed by atoms with van der Waals surface area (Å²) in [5.41, 5.74) is 0. The van der Waals surface area contributed by atoms with Crippen molar-refractivity contribution in [2.24, 2.45) is 0 Å². The maximum atomic E-state index is 11.8. The van der Waals surface area contributed by atoms with Crippen molar-refractivity contribution in [1.29, 1.82) is 0 Å². The Morgan fingerprint density at radius 2 is 2.05 bits per heavy atom. The van der Waals surface area contributed by atoms with E-state index in [-0.39, 0.29) is 31.0 Å². The van der Waals surface area contributed by atoms with E-state index in [1.165, 1.54) is 4.90 Å². The molecule has 1 rings (SSSR count). The second-order valence-corrected chi connectivity index (χ2v) is 4.39. The Morgan fingerprint density at radius 3 is 2.58 bits per heavy atom. The monoisotopic (exact) mass is 272 g/mol. The quantitative estimate of drug-likeness (QED) is 0.498. The van der Waals surface area contributed by atoms with Gasteiger partial charge in [-0.1, -0.05) is 0 Å². The number of carbonyl (C=O) groups is 3. The predicted molar refractivity (Wildman–Crippen MR) is 66.6 cm³/mol. The summed E-state index contributed by atoms with van der Waals surface area (Å²) in [6.45, 7) is 2.13. The third-order valence-electron chi connectivity index (χ3n) is 2.69. The van der Waals surface area contributed by atoms with Crippen molar-refractivity contribution in [3.63, 3.8) is 0 Å². The van der Waals surface area contributed by atoms with Crippen LogP contribution in [0.25, 0.3) is 0 Å². The van der Waals surface area contributed by atoms with Crippen LogP contribution in [0.3, 0.4) is 0 Å². The van der Waals surface area contributed by atoms with Crippen LogP contribution in [0.5, 0.6) is 0 Å². The highest BCUT2D eigenvalue weighted by Gasteiger charge is 2.33. The Kier molecular flexibility index (Phi) is 6.11. The molecule has 2 N–H and O–H groups in total. The lowest BCUT2D eigenvalue weighted by molar-refractivity contribution is -0.143. The topological polar surface area (TPSA) is 95.9 Å². The van der Waals surface area contributed by atoms with E-state index in [1.807, 2.05) is 0 Å². The van der Waals surface area contributed by atoms with Gasteiger partial charge in [-0.15, -0.1) is 0 Å². The molecule has 19 heavy (non-hydrogen) atoms. The van der Waals surface area contributed by atoms with Crippen LogP contribution in [0.4, 0.5) is 4.79 Å². The van der Waals surface area contributed by atoms with Gasteiger partial charge in [0.15, 0.2) is 0 Å². The Hall–Kier alpha value is -1.79. The lowest BCUT2D eigenvalue weighted by Crippen LogP contribution is -2.44. The van der Waals surface area contributed by atoms with Crippen molar-refractivity contribution in [3.05, 3.63) is 0 Å². The minimum Gasteiger partial charge on any atom is -0.480 e. The molecule has 1 fully saturated rings. The fraction of sp³-hybridized carbons (Fsp3) is 0.750. The zero-order chi connectivity index (χ0) is 14.3. The zero-order valence-corrected chi connectivity index (χ0v) is 11.1. The Balaban J connectivity index is 2.21. The number of rotatable bonds is 8. The van der Waals surface area contributed by atoms with Crippen molar-refractivity contribution in [1.82, 2.24) is 10.2 Å². The van der Waals surface area contributed by atoms with E-state index in [0.717, 1.165) is 12.8 Å². The molecule has 0 saturated heterocycles. The molecule has 0 radical (unpaired) electrons. The average Bonchev–Trinajstić information content (AvgIpc) is 3.15. The molecule has 0 aliphatic heterocycles. The van der Waals surface area contributed by atoms with Crippen LogP contribution in [0.2, 0.25) is 0 Å². The normalized spacial score (nSPS) is 13.7. The highest BCUT2D eigenvalue weighted by Crippen LogP contribution is 2.26. The molecule has 0 unspecified atom stereocenters. The van der Waals surface area contributed by atoms with Gasteiger partial charge in [0.05, 0.1) is 6.61 Å². The Bertz CT molecular complexity index is 341. The number of carbonyl (C=O) groups excluding carboxylic acids is 2. The highest BCUT2D eigenvalue weighted by molar-refractivity contribution is 5.80. The number of aliphatic carboxylic acids is 1. The van der Waals surface area contributed by atoms with Crippen LogP contribution in [0.15, 0.2) is 0 Å². The summed E-state index contributed by atoms with van der Waals surface area (Å²) in [5, 5.41) is 11.4. The van der Waals surface area contributed by atoms with Gasteiger partial charge in [-0.3, -0.25) is 9.59 Å². The molecule has 7 heteroatoms. The zero-order valence-electron chi connectivity index (χ0n) is 11.1. The molecular formula is C12H20N2O5. The van der Waals surface area contributed by atoms with E-state index >= 15 is 0 Å². The van der Waals surface area contributed by atoms with E-state index in [1.54, 1.807) is 6.92 Å². The molecule has 1 aliphatic carbocycles. The first-order valence-electron chi connectivity index (χ1n) is 6.46. The Labute approximate surface area is 111 Å². The van der Waals surface area contributed by atoms with Crippen LogP contribution in [-0.4, -0.2) is 53.7 Å². The van der Waals surface area contributed by atoms with E-state index in [2.05, 4.69) is 5.32 Å². The second-order valence-electron chi connectivity index (χ2n) is 4.39. The smallest absolute Gasteiger partial charge is 0.323 e. The summed E-state index contributed by atoms with van der Waals surface area (Å²) < 4.78 is 4.76. The molecule has 0 aromatic carbocycles. The molecule has 0 spiro atoms. The summed E-state index contributed by atoms with van der Waals surface area (Å²) in [6, 6.07) is -0.338. The summed E-state index contributed by atoms with van der Waals surface area (Å²) >= 11 is 0. The van der Waals surface area contributed by atoms with Crippen molar-refractivity contribution < 1.29 is 24.2 Å². The van der Waals surface area contributed by atoms with Gasteiger partial charge in [0, 0.05) is 19.0 Å². The molecule has 1 saturated carbocycles. The van der Waals surface area contributed by atoms with Crippen molar-refractivity contribution >= 4 is 18.0 Å². The molecule has 0 heterocycles. The van der Waals surface area contributed by atoms with Gasteiger partial charge in [0.2, 0.25) is 0 Å². The number of amides is 2. The van der Waals surface area contributed by atoms with Crippen molar-refractivity contribution in [2.45, 2.75) is 38.6 Å². The lowest BCUT2D eigenvalue weighted by Gasteiger charge is -2.20. The molecule has 0 bridgehead atoms. The summed E-state index contributed by atoms with van der Waals surface area (Å²) in [4.78, 5) is 34.8. The SMILES string of the molecule is CCOC(=O)CCCNC(=O)N(CC(=O)O)C1CC1. The maximum Gasteiger partial charge on any atom is 0.323 e. The second kappa shape index (κ2) is 7.60. The largest absolute Gasteiger partial charge is 0.480 e. The number of carboxylic acids is 1. The fourth-order valence-corrected chi connectivity index (χ4v) is 1.66. The highest BCUT2D eigenvalue weighted by atomic mass is 16.5. The number of hydrogen-bond donors (Lipinski definition) is 2.